The van der Waals surface area contributed by atoms with Gasteiger partial charge < -0.3 is 5.32 Å². The minimum Gasteiger partial charge on any atom is -0.325 e. The third-order valence-electron chi connectivity index (χ3n) is 4.03. The number of halogens is 2. The Labute approximate surface area is 170 Å². The van der Waals surface area contributed by atoms with Gasteiger partial charge in [0.2, 0.25) is 5.91 Å². The topological polar surface area (TPSA) is 66.5 Å². The molecular formula is C20H16ClFN2O3S. The van der Waals surface area contributed by atoms with Crippen LogP contribution in [0.25, 0.3) is 6.08 Å². The number of anilines is 1. The third-order valence-corrected chi connectivity index (χ3v) is 5.25. The quantitative estimate of drug-likeness (QED) is 0.704. The van der Waals surface area contributed by atoms with Gasteiger partial charge in [-0.1, -0.05) is 35.9 Å². The van der Waals surface area contributed by atoms with Gasteiger partial charge in [-0.15, -0.1) is 0 Å². The lowest BCUT2D eigenvalue weighted by Gasteiger charge is -2.13. The monoisotopic (exact) mass is 418 g/mol. The molecular weight excluding hydrogens is 403 g/mol. The molecule has 3 amide bonds. The molecule has 1 saturated heterocycles. The van der Waals surface area contributed by atoms with Crippen molar-refractivity contribution in [3.8, 4) is 0 Å². The molecule has 0 saturated carbocycles. The van der Waals surface area contributed by atoms with Crippen LogP contribution in [-0.4, -0.2) is 28.5 Å². The smallest absolute Gasteiger partial charge is 0.293 e. The molecule has 1 aliphatic rings. The maximum Gasteiger partial charge on any atom is 0.293 e. The molecule has 0 aromatic heterocycles. The van der Waals surface area contributed by atoms with Crippen molar-refractivity contribution in [1.82, 2.24) is 4.90 Å². The number of hydrogen-bond donors (Lipinski definition) is 1. The van der Waals surface area contributed by atoms with Crippen LogP contribution in [0, 0.1) is 12.7 Å². The highest BCUT2D eigenvalue weighted by atomic mass is 35.5. The van der Waals surface area contributed by atoms with E-state index < -0.39 is 17.0 Å². The van der Waals surface area contributed by atoms with Gasteiger partial charge in [-0.2, -0.15) is 0 Å². The first-order valence-corrected chi connectivity index (χ1v) is 9.60. The summed E-state index contributed by atoms with van der Waals surface area (Å²) >= 11 is 6.81. The SMILES string of the molecule is Cc1ccc(NC(=O)CCN2C(=O)S/C(=C\c3ccccc3F)C2=O)c(Cl)c1. The molecule has 5 nitrogen and oxygen atoms in total. The van der Waals surface area contributed by atoms with Gasteiger partial charge in [0, 0.05) is 18.5 Å². The molecule has 1 aliphatic heterocycles. The molecule has 144 valence electrons. The van der Waals surface area contributed by atoms with E-state index in [0.29, 0.717) is 10.7 Å². The van der Waals surface area contributed by atoms with Gasteiger partial charge >= 0.3 is 0 Å². The highest BCUT2D eigenvalue weighted by Gasteiger charge is 2.35. The van der Waals surface area contributed by atoms with Crippen molar-refractivity contribution in [2.45, 2.75) is 13.3 Å². The van der Waals surface area contributed by atoms with E-state index in [-0.39, 0.29) is 29.3 Å². The van der Waals surface area contributed by atoms with Crippen molar-refractivity contribution >= 4 is 52.2 Å². The summed E-state index contributed by atoms with van der Waals surface area (Å²) in [7, 11) is 0. The number of nitrogens with zero attached hydrogens (tertiary/aromatic N) is 1. The van der Waals surface area contributed by atoms with E-state index in [9.17, 15) is 18.8 Å². The summed E-state index contributed by atoms with van der Waals surface area (Å²) in [5.41, 5.74) is 1.65. The average Bonchev–Trinajstić information content (AvgIpc) is 2.91. The van der Waals surface area contributed by atoms with Crippen LogP contribution in [0.15, 0.2) is 47.4 Å². The van der Waals surface area contributed by atoms with Gasteiger partial charge in [0.25, 0.3) is 11.1 Å². The molecule has 0 radical (unpaired) electrons. The summed E-state index contributed by atoms with van der Waals surface area (Å²) in [6.07, 6.45) is 1.27. The first kappa shape index (κ1) is 20.1. The van der Waals surface area contributed by atoms with Crippen LogP contribution >= 0.6 is 23.4 Å². The van der Waals surface area contributed by atoms with Gasteiger partial charge in [0.05, 0.1) is 15.6 Å². The minimum absolute atomic E-state index is 0.0742. The van der Waals surface area contributed by atoms with Crippen LogP contribution in [0.5, 0.6) is 0 Å². The van der Waals surface area contributed by atoms with Gasteiger partial charge in [-0.05, 0) is 48.5 Å². The molecule has 2 aromatic rings. The first-order chi connectivity index (χ1) is 13.3. The molecule has 1 heterocycles. The number of amides is 3. The predicted molar refractivity (Wildman–Crippen MR) is 109 cm³/mol. The number of hydrogen-bond acceptors (Lipinski definition) is 4. The lowest BCUT2D eigenvalue weighted by Crippen LogP contribution is -2.31. The molecule has 0 unspecified atom stereocenters. The fourth-order valence-electron chi connectivity index (χ4n) is 2.57. The number of rotatable bonds is 5. The van der Waals surface area contributed by atoms with Crippen molar-refractivity contribution < 1.29 is 18.8 Å². The zero-order chi connectivity index (χ0) is 20.3. The summed E-state index contributed by atoms with van der Waals surface area (Å²) in [4.78, 5) is 37.8. The van der Waals surface area contributed by atoms with Gasteiger partial charge in [0.15, 0.2) is 0 Å². The van der Waals surface area contributed by atoms with Crippen molar-refractivity contribution in [3.63, 3.8) is 0 Å². The molecule has 1 N–H and O–H groups in total. The van der Waals surface area contributed by atoms with Crippen LogP contribution in [0.1, 0.15) is 17.5 Å². The maximum absolute atomic E-state index is 13.8. The Morgan fingerprint density at radius 2 is 2.00 bits per heavy atom. The van der Waals surface area contributed by atoms with Crippen molar-refractivity contribution in [2.24, 2.45) is 0 Å². The number of nitrogens with one attached hydrogen (secondary N) is 1. The Morgan fingerprint density at radius 1 is 1.25 bits per heavy atom. The first-order valence-electron chi connectivity index (χ1n) is 8.41. The summed E-state index contributed by atoms with van der Waals surface area (Å²) in [5.74, 6) is -1.40. The zero-order valence-corrected chi connectivity index (χ0v) is 16.4. The van der Waals surface area contributed by atoms with Crippen LogP contribution in [-0.2, 0) is 9.59 Å². The van der Waals surface area contributed by atoms with Gasteiger partial charge in [0.1, 0.15) is 5.82 Å². The maximum atomic E-state index is 13.8. The minimum atomic E-state index is -0.542. The van der Waals surface area contributed by atoms with Crippen LogP contribution < -0.4 is 5.32 Å². The van der Waals surface area contributed by atoms with Crippen molar-refractivity contribution in [2.75, 3.05) is 11.9 Å². The standard InChI is InChI=1S/C20H16ClFN2O3S/c1-12-6-7-16(14(21)10-12)23-18(25)8-9-24-19(26)17(28-20(24)27)11-13-4-2-3-5-15(13)22/h2-7,10-11H,8-9H2,1H3,(H,23,25)/b17-11-. The molecule has 2 aromatic carbocycles. The highest BCUT2D eigenvalue weighted by molar-refractivity contribution is 8.18. The number of carbonyl (C=O) groups is 3. The Bertz CT molecular complexity index is 993. The van der Waals surface area contributed by atoms with Crippen LogP contribution in [0.2, 0.25) is 5.02 Å². The molecule has 0 atom stereocenters. The lowest BCUT2D eigenvalue weighted by atomic mass is 10.2. The number of carbonyl (C=O) groups excluding carboxylic acids is 3. The third kappa shape index (κ3) is 4.61. The summed E-state index contributed by atoms with van der Waals surface area (Å²) in [5, 5.41) is 2.58. The number of benzene rings is 2. The Hall–Kier alpha value is -2.64. The molecule has 0 spiro atoms. The zero-order valence-electron chi connectivity index (χ0n) is 14.9. The largest absolute Gasteiger partial charge is 0.325 e. The fraction of sp³-hybridized carbons (Fsp3) is 0.150. The molecule has 3 rings (SSSR count). The molecule has 1 fully saturated rings. The average molecular weight is 419 g/mol. The molecule has 0 bridgehead atoms. The van der Waals surface area contributed by atoms with E-state index in [4.69, 9.17) is 11.6 Å². The molecule has 0 aliphatic carbocycles. The van der Waals surface area contributed by atoms with Gasteiger partial charge in [-0.3, -0.25) is 19.3 Å². The second-order valence-corrected chi connectivity index (χ2v) is 7.54. The van der Waals surface area contributed by atoms with E-state index in [1.807, 2.05) is 13.0 Å². The normalized spacial score (nSPS) is 15.4. The molecule has 8 heteroatoms. The van der Waals surface area contributed by atoms with Gasteiger partial charge in [-0.25, -0.2) is 4.39 Å². The molecule has 28 heavy (non-hydrogen) atoms. The van der Waals surface area contributed by atoms with Crippen molar-refractivity contribution in [1.29, 1.82) is 0 Å². The van der Waals surface area contributed by atoms with E-state index in [1.54, 1.807) is 18.2 Å². The Balaban J connectivity index is 1.63. The fourth-order valence-corrected chi connectivity index (χ4v) is 3.71. The summed E-state index contributed by atoms with van der Waals surface area (Å²) in [6.45, 7) is 1.81. The number of imide groups is 1. The Morgan fingerprint density at radius 3 is 2.71 bits per heavy atom. The highest BCUT2D eigenvalue weighted by Crippen LogP contribution is 2.32. The summed E-state index contributed by atoms with van der Waals surface area (Å²) in [6, 6.07) is 11.2. The van der Waals surface area contributed by atoms with Crippen molar-refractivity contribution in [3.05, 3.63) is 69.3 Å². The van der Waals surface area contributed by atoms with Crippen LogP contribution in [0.3, 0.4) is 0 Å². The lowest BCUT2D eigenvalue weighted by molar-refractivity contribution is -0.123. The van der Waals surface area contributed by atoms with E-state index in [2.05, 4.69) is 5.32 Å². The summed E-state index contributed by atoms with van der Waals surface area (Å²) < 4.78 is 13.8. The van der Waals surface area contributed by atoms with E-state index in [0.717, 1.165) is 22.2 Å². The van der Waals surface area contributed by atoms with Crippen LogP contribution in [0.4, 0.5) is 14.9 Å². The second kappa shape index (κ2) is 8.58. The van der Waals surface area contributed by atoms with E-state index >= 15 is 0 Å². The number of aryl methyl sites for hydroxylation is 1. The van der Waals surface area contributed by atoms with E-state index in [1.165, 1.54) is 24.3 Å². The Kier molecular flexibility index (Phi) is 6.16. The second-order valence-electron chi connectivity index (χ2n) is 6.14. The number of thioether (sulfide) groups is 1. The predicted octanol–water partition coefficient (Wildman–Crippen LogP) is 4.85.